The number of aromatic nitrogens is 2. The predicted molar refractivity (Wildman–Crippen MR) is 96.8 cm³/mol. The van der Waals surface area contributed by atoms with Crippen molar-refractivity contribution < 1.29 is 4.79 Å². The lowest BCUT2D eigenvalue weighted by Gasteiger charge is -2.08. The van der Waals surface area contributed by atoms with Gasteiger partial charge < -0.3 is 10.3 Å². The van der Waals surface area contributed by atoms with Crippen LogP contribution in [0.15, 0.2) is 64.3 Å². The molecule has 0 aliphatic rings. The molecule has 2 aromatic carbocycles. The summed E-state index contributed by atoms with van der Waals surface area (Å²) in [6, 6.07) is 13.3. The maximum absolute atomic E-state index is 12.6. The molecule has 1 heterocycles. The van der Waals surface area contributed by atoms with Crippen molar-refractivity contribution in [3.05, 3.63) is 91.7 Å². The van der Waals surface area contributed by atoms with E-state index in [0.717, 1.165) is 16.3 Å². The average molecular weight is 356 g/mol. The first kappa shape index (κ1) is 16.7. The Morgan fingerprint density at radius 3 is 2.32 bits per heavy atom. The molecule has 0 atom stereocenters. The van der Waals surface area contributed by atoms with E-state index < -0.39 is 17.2 Å². The van der Waals surface area contributed by atoms with Crippen LogP contribution >= 0.6 is 11.6 Å². The summed E-state index contributed by atoms with van der Waals surface area (Å²) in [5, 5.41) is 3.13. The van der Waals surface area contributed by atoms with E-state index in [9.17, 15) is 14.4 Å². The van der Waals surface area contributed by atoms with Gasteiger partial charge in [0, 0.05) is 16.9 Å². The molecule has 0 fully saturated rings. The van der Waals surface area contributed by atoms with Crippen molar-refractivity contribution in [2.24, 2.45) is 0 Å². The highest BCUT2D eigenvalue weighted by Crippen LogP contribution is 2.14. The highest BCUT2D eigenvalue weighted by molar-refractivity contribution is 6.30. The van der Waals surface area contributed by atoms with Crippen LogP contribution < -0.4 is 16.6 Å². The van der Waals surface area contributed by atoms with Gasteiger partial charge in [-0.3, -0.25) is 9.59 Å². The Bertz CT molecular complexity index is 1030. The van der Waals surface area contributed by atoms with Gasteiger partial charge in [0.25, 0.3) is 11.5 Å². The van der Waals surface area contributed by atoms with Crippen molar-refractivity contribution in [3.63, 3.8) is 0 Å². The van der Waals surface area contributed by atoms with Crippen LogP contribution in [0.5, 0.6) is 0 Å². The van der Waals surface area contributed by atoms with Gasteiger partial charge in [0.1, 0.15) is 5.56 Å². The van der Waals surface area contributed by atoms with Gasteiger partial charge in [-0.2, -0.15) is 0 Å². The Labute approximate surface area is 147 Å². The van der Waals surface area contributed by atoms with Gasteiger partial charge in [-0.25, -0.2) is 9.36 Å². The maximum atomic E-state index is 12.6. The molecule has 0 saturated heterocycles. The molecule has 6 nitrogen and oxygen atoms in total. The number of halogens is 1. The largest absolute Gasteiger partial charge is 0.333 e. The fraction of sp³-hybridized carbons (Fsp3) is 0.0556. The van der Waals surface area contributed by atoms with Gasteiger partial charge in [0.15, 0.2) is 0 Å². The maximum Gasteiger partial charge on any atom is 0.333 e. The minimum Gasteiger partial charge on any atom is -0.322 e. The number of hydrogen-bond acceptors (Lipinski definition) is 3. The Kier molecular flexibility index (Phi) is 4.54. The highest BCUT2D eigenvalue weighted by Gasteiger charge is 2.16. The van der Waals surface area contributed by atoms with E-state index in [2.05, 4.69) is 10.3 Å². The Hall–Kier alpha value is -3.12. The van der Waals surface area contributed by atoms with E-state index in [-0.39, 0.29) is 5.56 Å². The van der Waals surface area contributed by atoms with Crippen LogP contribution in [0.1, 0.15) is 15.9 Å². The van der Waals surface area contributed by atoms with Gasteiger partial charge in [0.05, 0.1) is 5.69 Å². The molecule has 1 aromatic heterocycles. The van der Waals surface area contributed by atoms with Gasteiger partial charge in [-0.15, -0.1) is 0 Å². The minimum absolute atomic E-state index is 0.171. The van der Waals surface area contributed by atoms with Crippen molar-refractivity contribution in [1.29, 1.82) is 0 Å². The van der Waals surface area contributed by atoms with E-state index in [1.807, 2.05) is 6.92 Å². The molecular formula is C18H14ClN3O3. The smallest absolute Gasteiger partial charge is 0.322 e. The molecule has 7 heteroatoms. The zero-order valence-corrected chi connectivity index (χ0v) is 14.0. The monoisotopic (exact) mass is 355 g/mol. The molecule has 0 saturated carbocycles. The second-order valence-corrected chi connectivity index (χ2v) is 5.88. The average Bonchev–Trinajstić information content (AvgIpc) is 2.58. The number of hydrogen-bond donors (Lipinski definition) is 2. The summed E-state index contributed by atoms with van der Waals surface area (Å²) < 4.78 is 0.927. The number of nitrogens with one attached hydrogen (secondary N) is 2. The normalized spacial score (nSPS) is 10.5. The summed E-state index contributed by atoms with van der Waals surface area (Å²) in [5.41, 5.74) is 0.385. The number of anilines is 1. The highest BCUT2D eigenvalue weighted by atomic mass is 35.5. The Balaban J connectivity index is 2.00. The third-order valence-electron chi connectivity index (χ3n) is 3.62. The zero-order valence-electron chi connectivity index (χ0n) is 13.2. The van der Waals surface area contributed by atoms with Gasteiger partial charge in [-0.1, -0.05) is 29.3 Å². The molecule has 25 heavy (non-hydrogen) atoms. The lowest BCUT2D eigenvalue weighted by Crippen LogP contribution is -2.38. The molecule has 0 aliphatic carbocycles. The standard InChI is InChI=1S/C18H14ClN3O3/c1-11-2-8-14(9-3-11)22-17(24)15(10-20-18(22)25)16(23)21-13-6-4-12(19)5-7-13/h2-10H,1H3,(H,20,25)(H,21,23). The van der Waals surface area contributed by atoms with Crippen LogP contribution in [-0.4, -0.2) is 15.5 Å². The van der Waals surface area contributed by atoms with Crippen molar-refractivity contribution in [1.82, 2.24) is 9.55 Å². The van der Waals surface area contributed by atoms with Crippen LogP contribution in [0.25, 0.3) is 5.69 Å². The van der Waals surface area contributed by atoms with Crippen LogP contribution in [-0.2, 0) is 0 Å². The first-order valence-corrected chi connectivity index (χ1v) is 7.82. The summed E-state index contributed by atoms with van der Waals surface area (Å²) >= 11 is 5.80. The number of amides is 1. The molecule has 1 amide bonds. The molecule has 0 radical (unpaired) electrons. The number of nitrogens with zero attached hydrogens (tertiary/aromatic N) is 1. The summed E-state index contributed by atoms with van der Waals surface area (Å²) in [5.74, 6) is -0.621. The second-order valence-electron chi connectivity index (χ2n) is 5.44. The second kappa shape index (κ2) is 6.78. The summed E-state index contributed by atoms with van der Waals surface area (Å²) in [6.07, 6.45) is 1.11. The lowest BCUT2D eigenvalue weighted by molar-refractivity contribution is 0.102. The number of rotatable bonds is 3. The van der Waals surface area contributed by atoms with Crippen LogP contribution in [0.4, 0.5) is 5.69 Å². The predicted octanol–water partition coefficient (Wildman–Crippen LogP) is 2.74. The molecule has 2 N–H and O–H groups in total. The van der Waals surface area contributed by atoms with E-state index in [1.165, 1.54) is 0 Å². The van der Waals surface area contributed by atoms with Crippen LogP contribution in [0.2, 0.25) is 5.02 Å². The fourth-order valence-electron chi connectivity index (χ4n) is 2.30. The summed E-state index contributed by atoms with van der Waals surface area (Å²) in [6.45, 7) is 1.90. The first-order valence-electron chi connectivity index (χ1n) is 7.44. The van der Waals surface area contributed by atoms with E-state index in [4.69, 9.17) is 11.6 Å². The van der Waals surface area contributed by atoms with E-state index >= 15 is 0 Å². The Morgan fingerprint density at radius 1 is 1.04 bits per heavy atom. The summed E-state index contributed by atoms with van der Waals surface area (Å²) in [7, 11) is 0. The molecule has 0 spiro atoms. The molecule has 3 aromatic rings. The van der Waals surface area contributed by atoms with Gasteiger partial charge in [0.2, 0.25) is 0 Å². The van der Waals surface area contributed by atoms with Gasteiger partial charge in [-0.05, 0) is 43.3 Å². The van der Waals surface area contributed by atoms with E-state index in [1.54, 1.807) is 48.5 Å². The first-order chi connectivity index (χ1) is 12.0. The number of H-pyrrole nitrogens is 1. The van der Waals surface area contributed by atoms with E-state index in [0.29, 0.717) is 16.4 Å². The number of aromatic amines is 1. The van der Waals surface area contributed by atoms with Crippen LogP contribution in [0, 0.1) is 6.92 Å². The molecular weight excluding hydrogens is 342 g/mol. The molecule has 3 rings (SSSR count). The number of carbonyl (C=O) groups is 1. The minimum atomic E-state index is -0.695. The summed E-state index contributed by atoms with van der Waals surface area (Å²) in [4.78, 5) is 39.5. The molecule has 0 unspecified atom stereocenters. The molecule has 0 aliphatic heterocycles. The third-order valence-corrected chi connectivity index (χ3v) is 3.87. The molecule has 0 bridgehead atoms. The number of aryl methyl sites for hydroxylation is 1. The zero-order chi connectivity index (χ0) is 18.0. The van der Waals surface area contributed by atoms with Crippen molar-refractivity contribution in [3.8, 4) is 5.69 Å². The lowest BCUT2D eigenvalue weighted by atomic mass is 10.2. The molecule has 126 valence electrons. The number of benzene rings is 2. The van der Waals surface area contributed by atoms with Crippen molar-refractivity contribution in [2.45, 2.75) is 6.92 Å². The van der Waals surface area contributed by atoms with Gasteiger partial charge >= 0.3 is 5.69 Å². The number of carbonyl (C=O) groups excluding carboxylic acids is 1. The quantitative estimate of drug-likeness (QED) is 0.757. The third kappa shape index (κ3) is 3.54. The SMILES string of the molecule is Cc1ccc(-n2c(=O)[nH]cc(C(=O)Nc3ccc(Cl)cc3)c2=O)cc1. The topological polar surface area (TPSA) is 84.0 Å². The van der Waals surface area contributed by atoms with Crippen molar-refractivity contribution in [2.75, 3.05) is 5.32 Å². The Morgan fingerprint density at radius 2 is 1.68 bits per heavy atom. The fourth-order valence-corrected chi connectivity index (χ4v) is 2.42. The van der Waals surface area contributed by atoms with Crippen molar-refractivity contribution >= 4 is 23.2 Å². The van der Waals surface area contributed by atoms with Crippen LogP contribution in [0.3, 0.4) is 0 Å².